The van der Waals surface area contributed by atoms with Gasteiger partial charge in [-0.1, -0.05) is 83.4 Å². The topological polar surface area (TPSA) is 52.5 Å². The van der Waals surface area contributed by atoms with Crippen LogP contribution in [0.5, 0.6) is 0 Å². The van der Waals surface area contributed by atoms with Gasteiger partial charge in [0, 0.05) is 27.6 Å². The number of nitriles is 2. The van der Waals surface area contributed by atoms with Crippen molar-refractivity contribution in [3.63, 3.8) is 0 Å². The quantitative estimate of drug-likeness (QED) is 0.126. The van der Waals surface area contributed by atoms with E-state index in [2.05, 4.69) is 124 Å². The number of fused-ring (bicyclic) bond motifs is 3. The zero-order chi connectivity index (χ0) is 30.1. The Morgan fingerprint density at radius 1 is 0.619 bits per heavy atom. The molecule has 4 aromatic carbocycles. The maximum atomic E-state index is 8.85. The second kappa shape index (κ2) is 11.0. The third-order valence-corrected chi connectivity index (χ3v) is 7.49. The van der Waals surface area contributed by atoms with Gasteiger partial charge in [0.05, 0.1) is 11.0 Å². The van der Waals surface area contributed by atoms with E-state index in [9.17, 15) is 0 Å². The lowest BCUT2D eigenvalue weighted by atomic mass is 9.85. The van der Waals surface area contributed by atoms with E-state index in [-0.39, 0.29) is 16.4 Å². The Hall–Kier alpha value is -5.26. The van der Waals surface area contributed by atoms with Crippen molar-refractivity contribution in [3.8, 4) is 29.7 Å². The van der Waals surface area contributed by atoms with E-state index >= 15 is 0 Å². The molecule has 0 atom stereocenters. The van der Waals surface area contributed by atoms with E-state index in [4.69, 9.17) is 10.5 Å². The molecule has 0 bridgehead atoms. The van der Waals surface area contributed by atoms with E-state index in [1.54, 1.807) is 18.2 Å². The Labute approximate surface area is 248 Å². The zero-order valence-corrected chi connectivity index (χ0v) is 25.0. The summed E-state index contributed by atoms with van der Waals surface area (Å²) >= 11 is 0. The first-order valence-corrected chi connectivity index (χ1v) is 14.1. The Balaban J connectivity index is 1.51. The predicted molar refractivity (Wildman–Crippen MR) is 173 cm³/mol. The maximum Gasteiger partial charge on any atom is 0.171 e. The molecule has 1 heterocycles. The number of hydrogen-bond donors (Lipinski definition) is 0. The predicted octanol–water partition coefficient (Wildman–Crippen LogP) is 9.36. The van der Waals surface area contributed by atoms with Crippen LogP contribution in [0, 0.1) is 34.5 Å². The van der Waals surface area contributed by atoms with Crippen molar-refractivity contribution < 1.29 is 0 Å². The van der Waals surface area contributed by atoms with Crippen molar-refractivity contribution in [1.29, 1.82) is 10.5 Å². The largest absolute Gasteiger partial charge is 0.309 e. The summed E-state index contributed by atoms with van der Waals surface area (Å²) < 4.78 is 2.35. The lowest BCUT2D eigenvalue weighted by Crippen LogP contribution is -2.10. The minimum absolute atomic E-state index is 0.0486. The molecular formula is C39H33N3. The van der Waals surface area contributed by atoms with Crippen LogP contribution >= 0.6 is 0 Å². The molecule has 0 saturated carbocycles. The third-order valence-electron chi connectivity index (χ3n) is 7.49. The van der Waals surface area contributed by atoms with Crippen LogP contribution < -0.4 is 0 Å². The molecular weight excluding hydrogens is 510 g/mol. The van der Waals surface area contributed by atoms with Crippen LogP contribution in [-0.4, -0.2) is 4.57 Å². The summed E-state index contributed by atoms with van der Waals surface area (Å²) in [6.07, 6.45) is 1.63. The monoisotopic (exact) mass is 543 g/mol. The number of allylic oxidation sites excluding steroid dienone is 1. The smallest absolute Gasteiger partial charge is 0.171 e. The van der Waals surface area contributed by atoms with E-state index in [1.165, 1.54) is 32.9 Å². The van der Waals surface area contributed by atoms with Crippen LogP contribution in [-0.2, 0) is 10.8 Å². The van der Waals surface area contributed by atoms with Crippen molar-refractivity contribution >= 4 is 27.9 Å². The summed E-state index contributed by atoms with van der Waals surface area (Å²) in [6, 6.07) is 33.4. The first-order chi connectivity index (χ1) is 20.0. The molecule has 0 saturated heterocycles. The molecule has 5 rings (SSSR count). The molecule has 0 aliphatic heterocycles. The van der Waals surface area contributed by atoms with Gasteiger partial charge < -0.3 is 4.57 Å². The average Bonchev–Trinajstić information content (AvgIpc) is 3.30. The molecule has 0 amide bonds. The van der Waals surface area contributed by atoms with Crippen molar-refractivity contribution in [2.75, 3.05) is 0 Å². The maximum absolute atomic E-state index is 8.85. The molecule has 0 radical (unpaired) electrons. The summed E-state index contributed by atoms with van der Waals surface area (Å²) in [7, 11) is 0. The molecule has 3 heteroatoms. The van der Waals surface area contributed by atoms with Crippen LogP contribution in [0.1, 0.15) is 69.4 Å². The molecule has 0 aliphatic carbocycles. The summed E-state index contributed by atoms with van der Waals surface area (Å²) in [5, 5.41) is 20.3. The third kappa shape index (κ3) is 5.78. The summed E-state index contributed by atoms with van der Waals surface area (Å²) in [5.74, 6) is 6.50. The van der Waals surface area contributed by atoms with Gasteiger partial charge in [-0.3, -0.25) is 0 Å². The SMILES string of the molecule is CC(C)(C)c1ccc2c(c1)c1cc(C(C)(C)C)ccc1n2-c1ccc(C#Cc2ccc(C=C=C(C#N)C#N)cc2)cc1. The van der Waals surface area contributed by atoms with Crippen LogP contribution in [0.4, 0.5) is 0 Å². The second-order valence-electron chi connectivity index (χ2n) is 12.6. The van der Waals surface area contributed by atoms with Gasteiger partial charge in [-0.25, -0.2) is 0 Å². The molecule has 1 aromatic heterocycles. The van der Waals surface area contributed by atoms with Crippen LogP contribution in [0.25, 0.3) is 33.6 Å². The lowest BCUT2D eigenvalue weighted by molar-refractivity contribution is 0.590. The first kappa shape index (κ1) is 28.3. The fraction of sp³-hybridized carbons (Fsp3) is 0.205. The minimum atomic E-state index is -0.0486. The van der Waals surface area contributed by atoms with Crippen LogP contribution in [0.3, 0.4) is 0 Å². The second-order valence-corrected chi connectivity index (χ2v) is 12.6. The Morgan fingerprint density at radius 3 is 1.50 bits per heavy atom. The van der Waals surface area contributed by atoms with Crippen molar-refractivity contribution in [2.45, 2.75) is 52.4 Å². The van der Waals surface area contributed by atoms with Gasteiger partial charge in [0.1, 0.15) is 12.1 Å². The zero-order valence-electron chi connectivity index (χ0n) is 25.0. The van der Waals surface area contributed by atoms with Crippen molar-refractivity contribution in [3.05, 3.63) is 124 Å². The number of hydrogen-bond acceptors (Lipinski definition) is 2. The number of rotatable bonds is 2. The molecule has 0 aliphatic rings. The lowest BCUT2D eigenvalue weighted by Gasteiger charge is -2.19. The van der Waals surface area contributed by atoms with Gasteiger partial charge >= 0.3 is 0 Å². The number of nitrogens with zero attached hydrogens (tertiary/aromatic N) is 3. The molecule has 0 spiro atoms. The van der Waals surface area contributed by atoms with E-state index in [1.807, 2.05) is 24.3 Å². The van der Waals surface area contributed by atoms with E-state index in [0.717, 1.165) is 22.4 Å². The van der Waals surface area contributed by atoms with Crippen LogP contribution in [0.15, 0.2) is 96.2 Å². The summed E-state index contributed by atoms with van der Waals surface area (Å²) in [4.78, 5) is 0. The van der Waals surface area contributed by atoms with Gasteiger partial charge in [-0.15, -0.1) is 0 Å². The Bertz CT molecular complexity index is 1940. The number of benzene rings is 4. The molecule has 204 valence electrons. The fourth-order valence-corrected chi connectivity index (χ4v) is 4.98. The van der Waals surface area contributed by atoms with Crippen LogP contribution in [0.2, 0.25) is 0 Å². The highest BCUT2D eigenvalue weighted by molar-refractivity contribution is 6.09. The minimum Gasteiger partial charge on any atom is -0.309 e. The molecule has 5 aromatic rings. The Morgan fingerprint density at radius 2 is 1.07 bits per heavy atom. The average molecular weight is 544 g/mol. The fourth-order valence-electron chi connectivity index (χ4n) is 4.98. The summed E-state index contributed by atoms with van der Waals surface area (Å²) in [5.41, 5.74) is 11.6. The normalized spacial score (nSPS) is 11.2. The molecule has 3 nitrogen and oxygen atoms in total. The molecule has 0 N–H and O–H groups in total. The van der Waals surface area contributed by atoms with Gasteiger partial charge in [0.15, 0.2) is 5.57 Å². The standard InChI is InChI=1S/C39H33N3/c1-38(2,3)31-17-21-36-34(23-31)35-24-32(39(4,5)6)18-22-37(35)42(36)33-19-15-29(16-20-33)12-11-27-7-9-28(10-8-27)13-14-30(25-40)26-41/h7-10,13,15-24H,1-6H3. The summed E-state index contributed by atoms with van der Waals surface area (Å²) in [6.45, 7) is 13.6. The van der Waals surface area contributed by atoms with Gasteiger partial charge in [-0.2, -0.15) is 10.5 Å². The highest BCUT2D eigenvalue weighted by Crippen LogP contribution is 2.37. The highest BCUT2D eigenvalue weighted by Gasteiger charge is 2.20. The molecule has 0 unspecified atom stereocenters. The number of aromatic nitrogens is 1. The van der Waals surface area contributed by atoms with Gasteiger partial charge in [0.2, 0.25) is 0 Å². The Kier molecular flexibility index (Phi) is 7.38. The van der Waals surface area contributed by atoms with Gasteiger partial charge in [0.25, 0.3) is 0 Å². The first-order valence-electron chi connectivity index (χ1n) is 14.1. The highest BCUT2D eigenvalue weighted by atomic mass is 15.0. The van der Waals surface area contributed by atoms with Gasteiger partial charge in [-0.05, 0) is 94.3 Å². The molecule has 0 fully saturated rings. The van der Waals surface area contributed by atoms with Crippen molar-refractivity contribution in [2.24, 2.45) is 0 Å². The van der Waals surface area contributed by atoms with E-state index in [0.29, 0.717) is 0 Å². The van der Waals surface area contributed by atoms with E-state index < -0.39 is 0 Å². The molecule has 42 heavy (non-hydrogen) atoms. The van der Waals surface area contributed by atoms with Crippen molar-refractivity contribution in [1.82, 2.24) is 4.57 Å².